The Morgan fingerprint density at radius 1 is 1.31 bits per heavy atom. The number of aliphatic hydroxyl groups is 2. The number of nitrogens with two attached hydrogens (primary N) is 2. The lowest BCUT2D eigenvalue weighted by Gasteiger charge is -2.46. The Bertz CT molecular complexity index is 969. The number of hydrogen-bond donors (Lipinski definition) is 6. The molecule has 0 saturated carbocycles. The second kappa shape index (κ2) is 10.6. The van der Waals surface area contributed by atoms with Gasteiger partial charge in [-0.25, -0.2) is 4.79 Å². The standard InChI is InChI=1S/C23H36N6O6S/c1-10-18-17(11(2)30)21(33)29(18)19(22(34)35)20(10)36-13-5-14(26-8-13)15(31)6-16(32)28-4-3-12(9-28)7-27-23(24)25/h10-15,17-18,26,30-31H,3-9H2,1-2H3,(H,34,35)(H4,24,25,27)/t10-,11-,12-,13+,14+,15-,17-,18-/m1/s1. The molecule has 3 fully saturated rings. The molecule has 8 N–H and O–H groups in total. The van der Waals surface area contributed by atoms with Crippen LogP contribution in [0.15, 0.2) is 15.6 Å². The van der Waals surface area contributed by atoms with Crippen LogP contribution in [0, 0.1) is 17.8 Å². The van der Waals surface area contributed by atoms with Crippen molar-refractivity contribution in [2.45, 2.75) is 62.7 Å². The summed E-state index contributed by atoms with van der Waals surface area (Å²) in [7, 11) is 0. The number of guanidine groups is 1. The number of fused-ring (bicyclic) bond motifs is 1. The van der Waals surface area contributed by atoms with Crippen LogP contribution in [0.5, 0.6) is 0 Å². The summed E-state index contributed by atoms with van der Waals surface area (Å²) in [6.07, 6.45) is -0.329. The third-order valence-corrected chi connectivity index (χ3v) is 9.26. The molecule has 3 saturated heterocycles. The molecule has 0 radical (unpaired) electrons. The number of carboxylic acids is 1. The highest BCUT2D eigenvalue weighted by Gasteiger charge is 2.60. The van der Waals surface area contributed by atoms with Gasteiger partial charge in [0.2, 0.25) is 11.8 Å². The number of aliphatic carboxylic acids is 1. The Balaban J connectivity index is 1.32. The fourth-order valence-electron chi connectivity index (χ4n) is 5.87. The molecule has 0 aliphatic carbocycles. The van der Waals surface area contributed by atoms with Crippen LogP contribution < -0.4 is 16.8 Å². The number of likely N-dealkylation sites (tertiary alicyclic amines) is 1. The second-order valence-corrected chi connectivity index (χ2v) is 11.6. The first-order chi connectivity index (χ1) is 17.0. The van der Waals surface area contributed by atoms with E-state index >= 15 is 0 Å². The zero-order valence-electron chi connectivity index (χ0n) is 20.5. The number of aliphatic imine (C=N–C) groups is 1. The summed E-state index contributed by atoms with van der Waals surface area (Å²) in [6.45, 7) is 5.65. The highest BCUT2D eigenvalue weighted by Crippen LogP contribution is 2.51. The number of nitrogens with zero attached hydrogens (tertiary/aromatic N) is 3. The molecule has 0 aromatic heterocycles. The van der Waals surface area contributed by atoms with E-state index in [9.17, 15) is 29.7 Å². The van der Waals surface area contributed by atoms with Crippen molar-refractivity contribution in [1.29, 1.82) is 0 Å². The maximum absolute atomic E-state index is 12.7. The summed E-state index contributed by atoms with van der Waals surface area (Å²) in [4.78, 5) is 45.0. The summed E-state index contributed by atoms with van der Waals surface area (Å²) in [5, 5.41) is 33.8. The number of carbonyl (C=O) groups is 3. The average molecular weight is 525 g/mol. The molecular weight excluding hydrogens is 488 g/mol. The molecule has 8 atom stereocenters. The zero-order chi connectivity index (χ0) is 26.3. The van der Waals surface area contributed by atoms with Gasteiger partial charge in [-0.3, -0.25) is 14.6 Å². The molecule has 200 valence electrons. The van der Waals surface area contributed by atoms with Crippen LogP contribution in [-0.2, 0) is 14.4 Å². The lowest BCUT2D eigenvalue weighted by Crippen LogP contribution is -2.63. The van der Waals surface area contributed by atoms with E-state index < -0.39 is 24.1 Å². The van der Waals surface area contributed by atoms with Crippen molar-refractivity contribution in [2.24, 2.45) is 34.2 Å². The molecule has 4 heterocycles. The third kappa shape index (κ3) is 5.06. The Hall–Kier alpha value is -2.35. The highest BCUT2D eigenvalue weighted by atomic mass is 32.2. The lowest BCUT2D eigenvalue weighted by molar-refractivity contribution is -0.163. The summed E-state index contributed by atoms with van der Waals surface area (Å²) < 4.78 is 0. The van der Waals surface area contributed by atoms with Gasteiger partial charge in [-0.15, -0.1) is 11.8 Å². The second-order valence-electron chi connectivity index (χ2n) is 10.3. The van der Waals surface area contributed by atoms with Gasteiger partial charge in [0.25, 0.3) is 0 Å². The normalized spacial score (nSPS) is 33.4. The monoisotopic (exact) mass is 524 g/mol. The Morgan fingerprint density at radius 2 is 2.03 bits per heavy atom. The molecule has 4 rings (SSSR count). The summed E-state index contributed by atoms with van der Waals surface area (Å²) >= 11 is 1.42. The number of β-lactam (4-membered cyclic amide) rings is 1. The maximum Gasteiger partial charge on any atom is 0.353 e. The predicted molar refractivity (Wildman–Crippen MR) is 133 cm³/mol. The van der Waals surface area contributed by atoms with Crippen molar-refractivity contribution in [1.82, 2.24) is 15.1 Å². The summed E-state index contributed by atoms with van der Waals surface area (Å²) in [6, 6.07) is -0.642. The van der Waals surface area contributed by atoms with Crippen molar-refractivity contribution in [3.8, 4) is 0 Å². The molecule has 36 heavy (non-hydrogen) atoms. The number of rotatable bonds is 9. The largest absolute Gasteiger partial charge is 0.477 e. The third-order valence-electron chi connectivity index (χ3n) is 7.75. The van der Waals surface area contributed by atoms with Crippen LogP contribution in [0.3, 0.4) is 0 Å². The minimum atomic E-state index is -1.15. The first-order valence-corrected chi connectivity index (χ1v) is 13.3. The van der Waals surface area contributed by atoms with Gasteiger partial charge in [0.1, 0.15) is 5.70 Å². The van der Waals surface area contributed by atoms with Crippen molar-refractivity contribution >= 4 is 35.5 Å². The van der Waals surface area contributed by atoms with Crippen LogP contribution in [0.1, 0.15) is 33.1 Å². The quantitative estimate of drug-likeness (QED) is 0.117. The van der Waals surface area contributed by atoms with E-state index in [2.05, 4.69) is 10.3 Å². The number of aliphatic hydroxyl groups excluding tert-OH is 2. The smallest absolute Gasteiger partial charge is 0.353 e. The Kier molecular flexibility index (Phi) is 7.83. The minimum Gasteiger partial charge on any atom is -0.477 e. The molecule has 0 aromatic carbocycles. The van der Waals surface area contributed by atoms with Gasteiger partial charge in [0, 0.05) is 48.3 Å². The van der Waals surface area contributed by atoms with E-state index in [1.54, 1.807) is 11.8 Å². The molecule has 0 aromatic rings. The summed E-state index contributed by atoms with van der Waals surface area (Å²) in [5.41, 5.74) is 10.8. The van der Waals surface area contributed by atoms with Gasteiger partial charge in [-0.2, -0.15) is 0 Å². The number of hydrogen-bond acceptors (Lipinski definition) is 8. The van der Waals surface area contributed by atoms with Gasteiger partial charge >= 0.3 is 5.97 Å². The lowest BCUT2D eigenvalue weighted by atomic mass is 9.79. The van der Waals surface area contributed by atoms with Gasteiger partial charge < -0.3 is 41.9 Å². The van der Waals surface area contributed by atoms with Crippen molar-refractivity contribution in [2.75, 3.05) is 26.2 Å². The van der Waals surface area contributed by atoms with Gasteiger partial charge in [-0.05, 0) is 25.7 Å². The van der Waals surface area contributed by atoms with Gasteiger partial charge in [0.15, 0.2) is 5.96 Å². The average Bonchev–Trinajstić information content (AvgIpc) is 3.51. The molecule has 0 bridgehead atoms. The van der Waals surface area contributed by atoms with Crippen LogP contribution in [-0.4, -0.2) is 105 Å². The number of carboxylic acid groups (broad SMARTS) is 1. The number of nitrogens with one attached hydrogen (secondary N) is 1. The summed E-state index contributed by atoms with van der Waals surface area (Å²) in [5.74, 6) is -2.18. The van der Waals surface area contributed by atoms with E-state index in [0.29, 0.717) is 37.5 Å². The molecule has 4 aliphatic heterocycles. The van der Waals surface area contributed by atoms with Crippen molar-refractivity contribution in [3.05, 3.63) is 10.6 Å². The molecular formula is C23H36N6O6S. The Labute approximate surface area is 214 Å². The van der Waals surface area contributed by atoms with E-state index in [0.717, 1.165) is 6.42 Å². The van der Waals surface area contributed by atoms with Crippen LogP contribution in [0.2, 0.25) is 0 Å². The predicted octanol–water partition coefficient (Wildman–Crippen LogP) is -1.52. The topological polar surface area (TPSA) is 195 Å². The minimum absolute atomic E-state index is 0.00268. The van der Waals surface area contributed by atoms with Crippen molar-refractivity contribution < 1.29 is 29.7 Å². The Morgan fingerprint density at radius 3 is 2.67 bits per heavy atom. The van der Waals surface area contributed by atoms with Crippen LogP contribution in [0.25, 0.3) is 0 Å². The van der Waals surface area contributed by atoms with Gasteiger partial charge in [0.05, 0.1) is 30.6 Å². The first-order valence-electron chi connectivity index (χ1n) is 12.4. The SMILES string of the molecule is C[C@@H](O)[C@H]1C(=O)N2C(C(=O)O)=C(S[C@@H]3CN[C@H]([C@H](O)CC(=O)N4CC[C@H](CN=C(N)N)C4)C3)[C@H](C)[C@H]12. The van der Waals surface area contributed by atoms with Crippen LogP contribution in [0.4, 0.5) is 0 Å². The number of thioether (sulfide) groups is 1. The highest BCUT2D eigenvalue weighted by molar-refractivity contribution is 8.03. The molecule has 2 amide bonds. The molecule has 0 unspecified atom stereocenters. The van der Waals surface area contributed by atoms with Crippen molar-refractivity contribution in [3.63, 3.8) is 0 Å². The maximum atomic E-state index is 12.7. The molecule has 4 aliphatic rings. The molecule has 0 spiro atoms. The zero-order valence-corrected chi connectivity index (χ0v) is 21.4. The first kappa shape index (κ1) is 26.7. The van der Waals surface area contributed by atoms with E-state index in [1.807, 2.05) is 6.92 Å². The van der Waals surface area contributed by atoms with Gasteiger partial charge in [-0.1, -0.05) is 6.92 Å². The van der Waals surface area contributed by atoms with E-state index in [4.69, 9.17) is 11.5 Å². The number of carbonyl (C=O) groups excluding carboxylic acids is 2. The molecule has 12 nitrogen and oxygen atoms in total. The van der Waals surface area contributed by atoms with E-state index in [1.165, 1.54) is 16.7 Å². The fourth-order valence-corrected chi connectivity index (χ4v) is 7.36. The molecule has 13 heteroatoms. The number of amides is 2. The fraction of sp³-hybridized carbons (Fsp3) is 0.739. The van der Waals surface area contributed by atoms with E-state index in [-0.39, 0.29) is 59.1 Å². The van der Waals surface area contributed by atoms with Crippen LogP contribution >= 0.6 is 11.8 Å².